The molecule has 0 saturated heterocycles. The fourth-order valence-corrected chi connectivity index (χ4v) is 3.98. The molecule has 7 nitrogen and oxygen atoms in total. The number of anilines is 2. The molecule has 8 heteroatoms. The molecule has 0 radical (unpaired) electrons. The van der Waals surface area contributed by atoms with Crippen molar-refractivity contribution in [2.75, 3.05) is 49.2 Å². The van der Waals surface area contributed by atoms with E-state index in [2.05, 4.69) is 15.5 Å². The molecule has 3 rings (SSSR count). The third-order valence-electron chi connectivity index (χ3n) is 5.67. The number of aliphatic hydroxyl groups excluding tert-OH is 2. The largest absolute Gasteiger partial charge is 0.390 e. The smallest absolute Gasteiger partial charge is 0.196 e. The van der Waals surface area contributed by atoms with Gasteiger partial charge in [-0.3, -0.25) is 9.59 Å². The van der Waals surface area contributed by atoms with Crippen LogP contribution in [0.3, 0.4) is 0 Å². The monoisotopic (exact) mass is 459 g/mol. The summed E-state index contributed by atoms with van der Waals surface area (Å²) in [6.07, 6.45) is -1.43. The summed E-state index contributed by atoms with van der Waals surface area (Å²) < 4.78 is 0. The van der Waals surface area contributed by atoms with Crippen LogP contribution in [0.4, 0.5) is 11.4 Å². The maximum Gasteiger partial charge on any atom is 0.196 e. The number of benzene rings is 2. The van der Waals surface area contributed by atoms with Gasteiger partial charge in [-0.2, -0.15) is 0 Å². The number of hydrogen-bond donors (Lipinski definition) is 4. The van der Waals surface area contributed by atoms with Crippen molar-refractivity contribution in [2.24, 2.45) is 0 Å². The van der Waals surface area contributed by atoms with E-state index in [-0.39, 0.29) is 41.7 Å². The second-order valence-electron chi connectivity index (χ2n) is 7.82. The maximum atomic E-state index is 13.4. The lowest BCUT2D eigenvalue weighted by atomic mass is 9.82. The molecule has 32 heavy (non-hydrogen) atoms. The van der Waals surface area contributed by atoms with Crippen molar-refractivity contribution in [3.63, 3.8) is 0 Å². The Hall–Kier alpha value is -2.45. The lowest BCUT2D eigenvalue weighted by molar-refractivity contribution is 0.0980. The molecule has 0 aromatic heterocycles. The number of aliphatic hydroxyl groups is 2. The van der Waals surface area contributed by atoms with Gasteiger partial charge in [0, 0.05) is 42.1 Å². The molecular formula is C24H30ClN3O4. The van der Waals surface area contributed by atoms with Crippen LogP contribution in [0.2, 0.25) is 0 Å². The molecule has 2 aromatic rings. The Kier molecular flexibility index (Phi) is 8.26. The topological polar surface area (TPSA) is 102 Å². The van der Waals surface area contributed by atoms with Crippen molar-refractivity contribution in [3.05, 3.63) is 58.7 Å². The van der Waals surface area contributed by atoms with E-state index >= 15 is 0 Å². The SMILES string of the molecule is CCN(CC)C[C@H](O)CNc1ccc(NC[C@H](O)CCl)c2c1C(=O)c1ccccc1C2=O. The first-order chi connectivity index (χ1) is 15.4. The van der Waals surface area contributed by atoms with E-state index in [0.29, 0.717) is 29.0 Å². The minimum Gasteiger partial charge on any atom is -0.390 e. The highest BCUT2D eigenvalue weighted by atomic mass is 35.5. The summed E-state index contributed by atoms with van der Waals surface area (Å²) in [4.78, 5) is 28.8. The number of carbonyl (C=O) groups is 2. The van der Waals surface area contributed by atoms with Crippen LogP contribution >= 0.6 is 11.6 Å². The minimum atomic E-state index is -0.790. The van der Waals surface area contributed by atoms with Gasteiger partial charge in [0.05, 0.1) is 29.2 Å². The van der Waals surface area contributed by atoms with Crippen molar-refractivity contribution in [2.45, 2.75) is 26.1 Å². The number of rotatable bonds is 11. The van der Waals surface area contributed by atoms with Gasteiger partial charge >= 0.3 is 0 Å². The average molecular weight is 460 g/mol. The molecule has 0 amide bonds. The molecule has 1 aliphatic rings. The average Bonchev–Trinajstić information content (AvgIpc) is 2.82. The first-order valence-electron chi connectivity index (χ1n) is 10.9. The Labute approximate surface area is 193 Å². The lowest BCUT2D eigenvalue weighted by Gasteiger charge is -2.26. The van der Waals surface area contributed by atoms with E-state index in [0.717, 1.165) is 13.1 Å². The van der Waals surface area contributed by atoms with Crippen LogP contribution in [-0.2, 0) is 0 Å². The first-order valence-corrected chi connectivity index (χ1v) is 11.4. The second kappa shape index (κ2) is 10.9. The summed E-state index contributed by atoms with van der Waals surface area (Å²) in [6.45, 7) is 6.64. The van der Waals surface area contributed by atoms with Crippen LogP contribution in [0.1, 0.15) is 45.7 Å². The van der Waals surface area contributed by atoms with E-state index in [9.17, 15) is 19.8 Å². The van der Waals surface area contributed by atoms with Crippen molar-refractivity contribution in [3.8, 4) is 0 Å². The predicted octanol–water partition coefficient (Wildman–Crippen LogP) is 2.59. The van der Waals surface area contributed by atoms with Crippen molar-refractivity contribution in [1.29, 1.82) is 0 Å². The summed E-state index contributed by atoms with van der Waals surface area (Å²) in [6, 6.07) is 10.2. The maximum absolute atomic E-state index is 13.4. The molecule has 172 valence electrons. The van der Waals surface area contributed by atoms with Gasteiger partial charge in [-0.25, -0.2) is 0 Å². The Morgan fingerprint density at radius 1 is 0.844 bits per heavy atom. The second-order valence-corrected chi connectivity index (χ2v) is 8.13. The lowest BCUT2D eigenvalue weighted by Crippen LogP contribution is -2.36. The predicted molar refractivity (Wildman–Crippen MR) is 127 cm³/mol. The third-order valence-corrected chi connectivity index (χ3v) is 6.03. The van der Waals surface area contributed by atoms with Crippen LogP contribution in [0.25, 0.3) is 0 Å². The molecule has 0 bridgehead atoms. The van der Waals surface area contributed by atoms with Gasteiger partial charge in [0.1, 0.15) is 0 Å². The summed E-state index contributed by atoms with van der Waals surface area (Å²) >= 11 is 5.69. The quantitative estimate of drug-likeness (QED) is 0.327. The minimum absolute atomic E-state index is 0.0506. The van der Waals surface area contributed by atoms with Crippen LogP contribution in [-0.4, -0.2) is 77.5 Å². The zero-order chi connectivity index (χ0) is 23.3. The first kappa shape index (κ1) is 24.2. The third kappa shape index (κ3) is 5.13. The normalized spacial score (nSPS) is 14.7. The van der Waals surface area contributed by atoms with Gasteiger partial charge in [0.25, 0.3) is 0 Å². The fourth-order valence-electron chi connectivity index (χ4n) is 3.87. The fraction of sp³-hybridized carbons (Fsp3) is 0.417. The summed E-state index contributed by atoms with van der Waals surface area (Å²) in [5.41, 5.74) is 2.20. The summed E-state index contributed by atoms with van der Waals surface area (Å²) in [7, 11) is 0. The molecule has 4 N–H and O–H groups in total. The summed E-state index contributed by atoms with van der Waals surface area (Å²) in [5, 5.41) is 26.5. The van der Waals surface area contributed by atoms with Crippen LogP contribution in [0.5, 0.6) is 0 Å². The number of carbonyl (C=O) groups excluding carboxylic acids is 2. The molecular weight excluding hydrogens is 430 g/mol. The number of likely N-dealkylation sites (N-methyl/N-ethyl adjacent to an activating group) is 1. The highest BCUT2D eigenvalue weighted by molar-refractivity contribution is 6.31. The highest BCUT2D eigenvalue weighted by Gasteiger charge is 2.34. The summed E-state index contributed by atoms with van der Waals surface area (Å²) in [5.74, 6) is -0.461. The molecule has 2 atom stereocenters. The van der Waals surface area contributed by atoms with Gasteiger partial charge in [-0.15, -0.1) is 11.6 Å². The Balaban J connectivity index is 1.94. The van der Waals surface area contributed by atoms with Gasteiger partial charge in [-0.1, -0.05) is 38.1 Å². The zero-order valence-electron chi connectivity index (χ0n) is 18.4. The van der Waals surface area contributed by atoms with Crippen LogP contribution < -0.4 is 10.6 Å². The number of alkyl halides is 1. The number of nitrogens with zero attached hydrogens (tertiary/aromatic N) is 1. The van der Waals surface area contributed by atoms with E-state index < -0.39 is 12.2 Å². The Bertz CT molecular complexity index is 978. The zero-order valence-corrected chi connectivity index (χ0v) is 19.2. The highest BCUT2D eigenvalue weighted by Crippen LogP contribution is 2.36. The number of nitrogens with one attached hydrogen (secondary N) is 2. The molecule has 0 saturated carbocycles. The van der Waals surface area contributed by atoms with Gasteiger partial charge in [0.2, 0.25) is 0 Å². The van der Waals surface area contributed by atoms with E-state index in [1.807, 2.05) is 13.8 Å². The van der Waals surface area contributed by atoms with Crippen LogP contribution in [0, 0.1) is 0 Å². The Morgan fingerprint density at radius 2 is 1.31 bits per heavy atom. The molecule has 1 aliphatic carbocycles. The molecule has 0 fully saturated rings. The number of halogens is 1. The van der Waals surface area contributed by atoms with E-state index in [1.165, 1.54) is 0 Å². The van der Waals surface area contributed by atoms with E-state index in [1.54, 1.807) is 36.4 Å². The number of fused-ring (bicyclic) bond motifs is 2. The molecule has 2 aromatic carbocycles. The standard InChI is InChI=1S/C24H30ClN3O4/c1-3-28(4-2)14-16(30)13-27-20-10-9-19(26-12-15(29)11-25)21-22(20)24(32)18-8-6-5-7-17(18)23(21)31/h5-10,15-16,26-27,29-30H,3-4,11-14H2,1-2H3/t15-,16-/m1/s1. The number of hydrogen-bond acceptors (Lipinski definition) is 7. The van der Waals surface area contributed by atoms with Gasteiger partial charge < -0.3 is 25.7 Å². The van der Waals surface area contributed by atoms with Gasteiger partial charge in [-0.05, 0) is 25.2 Å². The van der Waals surface area contributed by atoms with Crippen molar-refractivity contribution < 1.29 is 19.8 Å². The van der Waals surface area contributed by atoms with Gasteiger partial charge in [0.15, 0.2) is 11.6 Å². The molecule has 0 spiro atoms. The van der Waals surface area contributed by atoms with E-state index in [4.69, 9.17) is 11.6 Å². The molecule has 0 unspecified atom stereocenters. The number of ketones is 2. The molecule has 0 heterocycles. The van der Waals surface area contributed by atoms with Crippen LogP contribution in [0.15, 0.2) is 36.4 Å². The molecule has 0 aliphatic heterocycles. The Morgan fingerprint density at radius 3 is 1.75 bits per heavy atom. The van der Waals surface area contributed by atoms with Crippen molar-refractivity contribution in [1.82, 2.24) is 4.90 Å². The van der Waals surface area contributed by atoms with Crippen molar-refractivity contribution >= 4 is 34.5 Å².